The molecular weight excluding hydrogens is 557 g/mol. The minimum absolute atomic E-state index is 0.0889. The van der Waals surface area contributed by atoms with Crippen molar-refractivity contribution >= 4 is 43.9 Å². The van der Waals surface area contributed by atoms with Crippen molar-refractivity contribution in [1.82, 2.24) is 9.55 Å². The Hall–Kier alpha value is -3.64. The first-order valence-electron chi connectivity index (χ1n) is 12.8. The lowest BCUT2D eigenvalue weighted by Crippen LogP contribution is -2.36. The Morgan fingerprint density at radius 3 is 2.62 bits per heavy atom. The number of anilines is 1. The number of aromatic nitrogens is 2. The highest BCUT2D eigenvalue weighted by Crippen LogP contribution is 2.39. The maximum atomic E-state index is 15.0. The van der Waals surface area contributed by atoms with E-state index >= 15 is 0 Å². The third-order valence-corrected chi connectivity index (χ3v) is 10.3. The molecule has 1 aliphatic carbocycles. The Kier molecular flexibility index (Phi) is 7.74. The Labute approximate surface area is 236 Å². The van der Waals surface area contributed by atoms with Gasteiger partial charge in [0.05, 0.1) is 54.4 Å². The molecule has 1 aliphatic rings. The Morgan fingerprint density at radius 2 is 1.95 bits per heavy atom. The summed E-state index contributed by atoms with van der Waals surface area (Å²) < 4.78 is 61.3. The molecular formula is C28H30FN3O6S2. The second kappa shape index (κ2) is 11.1. The minimum atomic E-state index is -3.67. The molecule has 0 unspecified atom stereocenters. The van der Waals surface area contributed by atoms with Crippen LogP contribution in [0.3, 0.4) is 0 Å². The molecule has 0 N–H and O–H groups in total. The van der Waals surface area contributed by atoms with Crippen molar-refractivity contribution in [2.24, 2.45) is 0 Å². The van der Waals surface area contributed by atoms with Crippen LogP contribution in [0, 0.1) is 12.7 Å². The van der Waals surface area contributed by atoms with E-state index in [1.165, 1.54) is 24.6 Å². The van der Waals surface area contributed by atoms with E-state index in [9.17, 15) is 17.6 Å². The summed E-state index contributed by atoms with van der Waals surface area (Å²) in [5.74, 6) is 0.00693. The van der Waals surface area contributed by atoms with Crippen molar-refractivity contribution in [3.63, 3.8) is 0 Å². The standard InChI is InChI=1S/C28H30FN3O6S2/c1-5-38-24-16-25(39-27(24)28(33)37-4)22-15-18(10-11-30-22)32(40(34,35)19-6-7-19)13-12-31-17(2)14-20-23(36-3)9-8-21(29)26(20)31/h8-11,14-16,19H,5-7,12-13H2,1-4H3. The third-order valence-electron chi connectivity index (χ3n) is 6.83. The molecule has 40 heavy (non-hydrogen) atoms. The van der Waals surface area contributed by atoms with E-state index in [-0.39, 0.29) is 13.1 Å². The molecule has 4 aromatic rings. The van der Waals surface area contributed by atoms with Gasteiger partial charge in [0.2, 0.25) is 10.0 Å². The van der Waals surface area contributed by atoms with Crippen molar-refractivity contribution < 1.29 is 31.8 Å². The number of thiophene rings is 1. The van der Waals surface area contributed by atoms with Gasteiger partial charge < -0.3 is 18.8 Å². The van der Waals surface area contributed by atoms with E-state index in [2.05, 4.69) is 4.98 Å². The van der Waals surface area contributed by atoms with Gasteiger partial charge in [-0.15, -0.1) is 11.3 Å². The van der Waals surface area contributed by atoms with Gasteiger partial charge in [0, 0.05) is 29.9 Å². The van der Waals surface area contributed by atoms with Crippen molar-refractivity contribution in [2.75, 3.05) is 31.7 Å². The van der Waals surface area contributed by atoms with Crippen LogP contribution in [0.5, 0.6) is 11.5 Å². The van der Waals surface area contributed by atoms with E-state index in [1.807, 2.05) is 19.9 Å². The number of fused-ring (bicyclic) bond motifs is 1. The maximum Gasteiger partial charge on any atom is 0.351 e. The Balaban J connectivity index is 1.52. The number of benzene rings is 1. The number of ether oxygens (including phenoxy) is 3. The normalized spacial score (nSPS) is 13.4. The number of methoxy groups -OCH3 is 2. The highest BCUT2D eigenvalue weighted by atomic mass is 32.2. The van der Waals surface area contributed by atoms with Gasteiger partial charge in [-0.3, -0.25) is 9.29 Å². The molecule has 9 nitrogen and oxygen atoms in total. The second-order valence-corrected chi connectivity index (χ2v) is 12.6. The maximum absolute atomic E-state index is 15.0. The monoisotopic (exact) mass is 587 g/mol. The van der Waals surface area contributed by atoms with Crippen LogP contribution in [0.15, 0.2) is 42.6 Å². The molecule has 3 heterocycles. The zero-order valence-corrected chi connectivity index (χ0v) is 24.3. The van der Waals surface area contributed by atoms with Crippen LogP contribution in [0.4, 0.5) is 10.1 Å². The fourth-order valence-electron chi connectivity index (χ4n) is 4.75. The van der Waals surface area contributed by atoms with Crippen molar-refractivity contribution in [3.05, 3.63) is 59.0 Å². The summed E-state index contributed by atoms with van der Waals surface area (Å²) in [4.78, 5) is 17.7. The number of rotatable bonds is 11. The number of hydrogen-bond donors (Lipinski definition) is 0. The summed E-state index contributed by atoms with van der Waals surface area (Å²) in [6.07, 6.45) is 2.73. The molecule has 0 aliphatic heterocycles. The van der Waals surface area contributed by atoms with Gasteiger partial charge in [0.15, 0.2) is 4.88 Å². The lowest BCUT2D eigenvalue weighted by Gasteiger charge is -2.25. The van der Waals surface area contributed by atoms with Crippen LogP contribution in [0.2, 0.25) is 0 Å². The smallest absolute Gasteiger partial charge is 0.351 e. The van der Waals surface area contributed by atoms with Crippen LogP contribution >= 0.6 is 11.3 Å². The molecule has 0 amide bonds. The van der Waals surface area contributed by atoms with Gasteiger partial charge in [0.25, 0.3) is 0 Å². The summed E-state index contributed by atoms with van der Waals surface area (Å²) in [5, 5.41) is 0.174. The zero-order valence-electron chi connectivity index (χ0n) is 22.6. The van der Waals surface area contributed by atoms with Crippen LogP contribution in [-0.2, 0) is 21.3 Å². The fraction of sp³-hybridized carbons (Fsp3) is 0.357. The molecule has 0 saturated heterocycles. The first-order chi connectivity index (χ1) is 19.2. The molecule has 3 aromatic heterocycles. The zero-order chi connectivity index (χ0) is 28.6. The highest BCUT2D eigenvalue weighted by Gasteiger charge is 2.40. The average Bonchev–Trinajstić information content (AvgIpc) is 3.65. The van der Waals surface area contributed by atoms with Crippen LogP contribution in [-0.4, -0.2) is 56.6 Å². The lowest BCUT2D eigenvalue weighted by atomic mass is 10.2. The quantitative estimate of drug-likeness (QED) is 0.217. The van der Waals surface area contributed by atoms with E-state index < -0.39 is 27.1 Å². The molecule has 12 heteroatoms. The number of nitrogens with zero attached hydrogens (tertiary/aromatic N) is 3. The first-order valence-corrected chi connectivity index (χ1v) is 15.2. The van der Waals surface area contributed by atoms with Gasteiger partial charge in [-0.05, 0) is 57.0 Å². The summed E-state index contributed by atoms with van der Waals surface area (Å²) in [6.45, 7) is 4.35. The largest absolute Gasteiger partial charge is 0.496 e. The first kappa shape index (κ1) is 27.9. The molecule has 0 bridgehead atoms. The second-order valence-electron chi connectivity index (χ2n) is 9.39. The number of aryl methyl sites for hydroxylation is 1. The van der Waals surface area contributed by atoms with Gasteiger partial charge in [-0.1, -0.05) is 0 Å². The molecule has 0 radical (unpaired) electrons. The van der Waals surface area contributed by atoms with Crippen molar-refractivity contribution in [3.8, 4) is 22.1 Å². The predicted octanol–water partition coefficient (Wildman–Crippen LogP) is 5.41. The van der Waals surface area contributed by atoms with Gasteiger partial charge >= 0.3 is 5.97 Å². The SMILES string of the molecule is CCOc1cc(-c2cc(N(CCn3c(C)cc4c(OC)ccc(F)c43)S(=O)(=O)C3CC3)ccn2)sc1C(=O)OC. The summed E-state index contributed by atoms with van der Waals surface area (Å²) in [7, 11) is -0.841. The van der Waals surface area contributed by atoms with Crippen LogP contribution < -0.4 is 13.8 Å². The molecule has 1 fully saturated rings. The Morgan fingerprint density at radius 1 is 1.18 bits per heavy atom. The van der Waals surface area contributed by atoms with Crippen molar-refractivity contribution in [2.45, 2.75) is 38.5 Å². The number of carbonyl (C=O) groups excluding carboxylic acids is 1. The number of pyridine rings is 1. The number of carbonyl (C=O) groups is 1. The summed E-state index contributed by atoms with van der Waals surface area (Å²) in [5.41, 5.74) is 2.09. The average molecular weight is 588 g/mol. The number of halogens is 1. The number of sulfonamides is 1. The topological polar surface area (TPSA) is 100.0 Å². The fourth-order valence-corrected chi connectivity index (χ4v) is 7.58. The van der Waals surface area contributed by atoms with E-state index in [1.54, 1.807) is 35.0 Å². The molecule has 5 rings (SSSR count). The van der Waals surface area contributed by atoms with Gasteiger partial charge in [-0.25, -0.2) is 17.6 Å². The third kappa shape index (κ3) is 5.13. The van der Waals surface area contributed by atoms with Crippen LogP contribution in [0.1, 0.15) is 35.1 Å². The van der Waals surface area contributed by atoms with E-state index in [0.29, 0.717) is 63.0 Å². The molecule has 0 atom stereocenters. The Bertz CT molecular complexity index is 1680. The highest BCUT2D eigenvalue weighted by molar-refractivity contribution is 7.93. The molecule has 1 aromatic carbocycles. The lowest BCUT2D eigenvalue weighted by molar-refractivity contribution is 0.0602. The molecule has 212 valence electrons. The molecule has 0 spiro atoms. The minimum Gasteiger partial charge on any atom is -0.496 e. The summed E-state index contributed by atoms with van der Waals surface area (Å²) >= 11 is 1.16. The number of esters is 1. The van der Waals surface area contributed by atoms with Gasteiger partial charge in [-0.2, -0.15) is 0 Å². The number of hydrogen-bond acceptors (Lipinski definition) is 8. The van der Waals surface area contributed by atoms with Crippen LogP contribution in [0.25, 0.3) is 21.5 Å². The van der Waals surface area contributed by atoms with Crippen molar-refractivity contribution in [1.29, 1.82) is 0 Å². The summed E-state index contributed by atoms with van der Waals surface area (Å²) in [6, 6.07) is 9.81. The predicted molar refractivity (Wildman–Crippen MR) is 153 cm³/mol. The van der Waals surface area contributed by atoms with E-state index in [4.69, 9.17) is 14.2 Å². The van der Waals surface area contributed by atoms with E-state index in [0.717, 1.165) is 17.0 Å². The molecule has 1 saturated carbocycles. The van der Waals surface area contributed by atoms with Gasteiger partial charge in [0.1, 0.15) is 17.3 Å².